The summed E-state index contributed by atoms with van der Waals surface area (Å²) in [5.41, 5.74) is 4.63. The molecule has 0 aromatic heterocycles. The lowest BCUT2D eigenvalue weighted by atomic mass is 9.91. The van der Waals surface area contributed by atoms with Gasteiger partial charge in [0, 0.05) is 25.2 Å². The smallest absolute Gasteiger partial charge is 0.227 e. The molecule has 1 atom stereocenters. The van der Waals surface area contributed by atoms with Crippen LogP contribution in [0.5, 0.6) is 0 Å². The van der Waals surface area contributed by atoms with Gasteiger partial charge in [0.05, 0.1) is 17.7 Å². The number of amides is 1. The number of carbonyl (C=O) groups is 1. The van der Waals surface area contributed by atoms with E-state index in [0.717, 1.165) is 37.2 Å². The molecule has 0 spiro atoms. The number of hydrogen-bond donors (Lipinski definition) is 2. The van der Waals surface area contributed by atoms with Crippen molar-refractivity contribution < 1.29 is 9.90 Å². The summed E-state index contributed by atoms with van der Waals surface area (Å²) < 4.78 is 0. The Bertz CT molecular complexity index is 516. The minimum atomic E-state index is -0.540. The van der Waals surface area contributed by atoms with Crippen LogP contribution in [-0.4, -0.2) is 36.1 Å². The van der Waals surface area contributed by atoms with Gasteiger partial charge < -0.3 is 15.3 Å². The quantitative estimate of drug-likeness (QED) is 0.834. The van der Waals surface area contributed by atoms with Gasteiger partial charge in [-0.15, -0.1) is 11.6 Å². The Balaban J connectivity index is 1.88. The van der Waals surface area contributed by atoms with Crippen LogP contribution in [0.2, 0.25) is 0 Å². The summed E-state index contributed by atoms with van der Waals surface area (Å²) in [6, 6.07) is 4.20. The van der Waals surface area contributed by atoms with Gasteiger partial charge in [-0.1, -0.05) is 0 Å². The van der Waals surface area contributed by atoms with Crippen LogP contribution in [0.15, 0.2) is 12.1 Å². The monoisotopic (exact) mass is 294 g/mol. The van der Waals surface area contributed by atoms with Gasteiger partial charge in [-0.2, -0.15) is 0 Å². The van der Waals surface area contributed by atoms with Crippen LogP contribution in [-0.2, 0) is 17.6 Å². The summed E-state index contributed by atoms with van der Waals surface area (Å²) >= 11 is 5.60. The summed E-state index contributed by atoms with van der Waals surface area (Å²) in [7, 11) is 0. The number of nitrogens with zero attached hydrogens (tertiary/aromatic N) is 1. The molecule has 0 fully saturated rings. The molecule has 0 saturated carbocycles. The van der Waals surface area contributed by atoms with Gasteiger partial charge in [-0.25, -0.2) is 0 Å². The molecule has 1 aromatic carbocycles. The molecule has 1 amide bonds. The lowest BCUT2D eigenvalue weighted by molar-refractivity contribution is -0.119. The molecule has 2 aliphatic rings. The second kappa shape index (κ2) is 5.62. The van der Waals surface area contributed by atoms with E-state index < -0.39 is 6.10 Å². The summed E-state index contributed by atoms with van der Waals surface area (Å²) in [4.78, 5) is 13.9. The average molecular weight is 295 g/mol. The molecule has 2 N–H and O–H groups in total. The fraction of sp³-hybridized carbons (Fsp3) is 0.533. The summed E-state index contributed by atoms with van der Waals surface area (Å²) in [6.07, 6.45) is 2.90. The highest BCUT2D eigenvalue weighted by atomic mass is 35.5. The van der Waals surface area contributed by atoms with E-state index in [1.165, 1.54) is 11.1 Å². The van der Waals surface area contributed by atoms with Gasteiger partial charge in [0.25, 0.3) is 0 Å². The lowest BCUT2D eigenvalue weighted by Gasteiger charge is -2.35. The highest BCUT2D eigenvalue weighted by Crippen LogP contribution is 2.37. The van der Waals surface area contributed by atoms with Crippen LogP contribution in [0.1, 0.15) is 24.0 Å². The molecule has 108 valence electrons. The zero-order chi connectivity index (χ0) is 14.1. The number of alkyl halides is 1. The fourth-order valence-electron chi connectivity index (χ4n) is 3.05. The fourth-order valence-corrected chi connectivity index (χ4v) is 3.15. The Morgan fingerprint density at radius 1 is 1.30 bits per heavy atom. The predicted molar refractivity (Wildman–Crippen MR) is 80.7 cm³/mol. The van der Waals surface area contributed by atoms with Crippen LogP contribution < -0.4 is 10.2 Å². The maximum atomic E-state index is 12.0. The number of carbonyl (C=O) groups excluding carboxylic acids is 1. The maximum Gasteiger partial charge on any atom is 0.227 e. The number of anilines is 2. The van der Waals surface area contributed by atoms with E-state index in [2.05, 4.69) is 17.4 Å². The lowest BCUT2D eigenvalue weighted by Crippen LogP contribution is -2.39. The van der Waals surface area contributed by atoms with Gasteiger partial charge in [0.2, 0.25) is 5.91 Å². The highest BCUT2D eigenvalue weighted by molar-refractivity contribution is 6.18. The number of aliphatic hydroxyl groups is 1. The van der Waals surface area contributed by atoms with Crippen molar-refractivity contribution in [2.75, 3.05) is 29.2 Å². The van der Waals surface area contributed by atoms with Crippen molar-refractivity contribution in [2.45, 2.75) is 31.8 Å². The van der Waals surface area contributed by atoms with Gasteiger partial charge >= 0.3 is 0 Å². The first-order valence-corrected chi connectivity index (χ1v) is 7.66. The van der Waals surface area contributed by atoms with Crippen molar-refractivity contribution in [3.05, 3.63) is 23.3 Å². The molecule has 1 aromatic rings. The van der Waals surface area contributed by atoms with Gasteiger partial charge in [-0.3, -0.25) is 4.79 Å². The van der Waals surface area contributed by atoms with Crippen molar-refractivity contribution in [1.82, 2.24) is 0 Å². The minimum Gasteiger partial charge on any atom is -0.390 e. The Hall–Kier alpha value is -1.26. The van der Waals surface area contributed by atoms with Gasteiger partial charge in [0.1, 0.15) is 0 Å². The third-order valence-electron chi connectivity index (χ3n) is 3.99. The van der Waals surface area contributed by atoms with E-state index in [-0.39, 0.29) is 11.8 Å². The van der Waals surface area contributed by atoms with Crippen molar-refractivity contribution in [3.63, 3.8) is 0 Å². The molecule has 3 rings (SSSR count). The number of nitrogens with one attached hydrogen (secondary N) is 1. The van der Waals surface area contributed by atoms with Crippen molar-refractivity contribution in [2.24, 2.45) is 0 Å². The van der Waals surface area contributed by atoms with Crippen molar-refractivity contribution >= 4 is 28.9 Å². The Morgan fingerprint density at radius 3 is 2.80 bits per heavy atom. The molecule has 0 aliphatic carbocycles. The second-order valence-corrected chi connectivity index (χ2v) is 5.79. The molecule has 5 heteroatoms. The average Bonchev–Trinajstić information content (AvgIpc) is 2.48. The molecule has 0 radical (unpaired) electrons. The SMILES string of the molecule is O=C1CCc2cc(NCC(O)CCl)cc3c2N1CCC3. The normalized spacial score (nSPS) is 18.7. The standard InChI is InChI=1S/C15H19ClN2O2/c16-8-13(19)9-17-12-6-10-2-1-5-18-14(20)4-3-11(7-12)15(10)18/h6-7,13,17,19H,1-5,8-9H2. The second-order valence-electron chi connectivity index (χ2n) is 5.48. The van der Waals surface area contributed by atoms with E-state index in [0.29, 0.717) is 13.0 Å². The Morgan fingerprint density at radius 2 is 2.05 bits per heavy atom. The van der Waals surface area contributed by atoms with E-state index in [1.54, 1.807) is 0 Å². The van der Waals surface area contributed by atoms with Crippen LogP contribution in [0.4, 0.5) is 11.4 Å². The number of benzene rings is 1. The van der Waals surface area contributed by atoms with Crippen LogP contribution in [0.3, 0.4) is 0 Å². The van der Waals surface area contributed by atoms with Crippen LogP contribution >= 0.6 is 11.6 Å². The van der Waals surface area contributed by atoms with Crippen molar-refractivity contribution in [1.29, 1.82) is 0 Å². The first-order chi connectivity index (χ1) is 9.69. The topological polar surface area (TPSA) is 52.6 Å². The molecule has 4 nitrogen and oxygen atoms in total. The number of hydrogen-bond acceptors (Lipinski definition) is 3. The number of aliphatic hydroxyl groups excluding tert-OH is 1. The van der Waals surface area contributed by atoms with Crippen LogP contribution in [0, 0.1) is 0 Å². The zero-order valence-corrected chi connectivity index (χ0v) is 12.1. The van der Waals surface area contributed by atoms with E-state index in [9.17, 15) is 9.90 Å². The number of aryl methyl sites for hydroxylation is 2. The zero-order valence-electron chi connectivity index (χ0n) is 11.4. The Labute approximate surface area is 123 Å². The highest BCUT2D eigenvalue weighted by Gasteiger charge is 2.29. The largest absolute Gasteiger partial charge is 0.390 e. The number of rotatable bonds is 4. The third-order valence-corrected chi connectivity index (χ3v) is 4.35. The molecule has 2 aliphatic heterocycles. The number of halogens is 1. The summed E-state index contributed by atoms with van der Waals surface area (Å²) in [5.74, 6) is 0.476. The van der Waals surface area contributed by atoms with E-state index in [4.69, 9.17) is 11.6 Å². The van der Waals surface area contributed by atoms with Gasteiger partial charge in [0.15, 0.2) is 0 Å². The third kappa shape index (κ3) is 2.50. The molecular weight excluding hydrogens is 276 g/mol. The van der Waals surface area contributed by atoms with Crippen LogP contribution in [0.25, 0.3) is 0 Å². The van der Waals surface area contributed by atoms with E-state index >= 15 is 0 Å². The minimum absolute atomic E-state index is 0.229. The molecule has 2 heterocycles. The maximum absolute atomic E-state index is 12.0. The van der Waals surface area contributed by atoms with Crippen molar-refractivity contribution in [3.8, 4) is 0 Å². The molecule has 20 heavy (non-hydrogen) atoms. The Kier molecular flexibility index (Phi) is 3.85. The molecule has 1 unspecified atom stereocenters. The first-order valence-electron chi connectivity index (χ1n) is 7.13. The summed E-state index contributed by atoms with van der Waals surface area (Å²) in [5, 5.41) is 12.8. The first kappa shape index (κ1) is 13.7. The molecular formula is C15H19ClN2O2. The predicted octanol–water partition coefficient (Wildman–Crippen LogP) is 1.92. The molecule has 0 bridgehead atoms. The van der Waals surface area contributed by atoms with E-state index in [1.807, 2.05) is 4.90 Å². The molecule has 0 saturated heterocycles. The van der Waals surface area contributed by atoms with Gasteiger partial charge in [-0.05, 0) is 42.5 Å². The summed E-state index contributed by atoms with van der Waals surface area (Å²) in [6.45, 7) is 1.29.